The minimum atomic E-state index is -0.490. The van der Waals surface area contributed by atoms with E-state index in [1.165, 1.54) is 0 Å². The topological polar surface area (TPSA) is 71.1 Å². The number of hydrogen-bond acceptors (Lipinski definition) is 6. The van der Waals surface area contributed by atoms with Crippen LogP contribution in [0.2, 0.25) is 0 Å². The van der Waals surface area contributed by atoms with Crippen molar-refractivity contribution in [2.75, 3.05) is 26.4 Å². The van der Waals surface area contributed by atoms with Gasteiger partial charge in [0.05, 0.1) is 0 Å². The molecule has 0 saturated carbocycles. The van der Waals surface area contributed by atoms with Gasteiger partial charge in [0.1, 0.15) is 37.9 Å². The summed E-state index contributed by atoms with van der Waals surface area (Å²) in [5.74, 6) is 0.207. The zero-order valence-electron chi connectivity index (χ0n) is 29.4. The lowest BCUT2D eigenvalue weighted by atomic mass is 9.82. The number of benzene rings is 6. The Kier molecular flexibility index (Phi) is 19.0. The summed E-state index contributed by atoms with van der Waals surface area (Å²) in [4.78, 5) is 23.2. The van der Waals surface area contributed by atoms with Gasteiger partial charge in [-0.2, -0.15) is 0 Å². The summed E-state index contributed by atoms with van der Waals surface area (Å²) < 4.78 is 22.7. The molecule has 0 N–H and O–H groups in total. The van der Waals surface area contributed by atoms with Gasteiger partial charge in [-0.15, -0.1) is 0 Å². The third-order valence-electron chi connectivity index (χ3n) is 8.70. The largest absolute Gasteiger partial charge is 0.489 e. The van der Waals surface area contributed by atoms with Gasteiger partial charge >= 0.3 is 11.9 Å². The molecule has 0 bridgehead atoms. The molecule has 6 aromatic rings. The molecule has 0 spiro atoms. The highest BCUT2D eigenvalue weighted by Crippen LogP contribution is 2.41. The second-order valence-electron chi connectivity index (χ2n) is 12.1. The van der Waals surface area contributed by atoms with E-state index >= 15 is 0 Å². The molecule has 0 amide bonds. The van der Waals surface area contributed by atoms with Gasteiger partial charge in [-0.3, -0.25) is 0 Å². The molecule has 0 aromatic heterocycles. The van der Waals surface area contributed by atoms with Crippen LogP contribution in [0.3, 0.4) is 0 Å². The summed E-state index contributed by atoms with van der Waals surface area (Å²) in [6, 6.07) is 51.7. The van der Waals surface area contributed by atoms with E-state index in [4.69, 9.17) is 18.9 Å². The molecular formula is C51H56O6. The van der Waals surface area contributed by atoms with Crippen LogP contribution in [0.15, 0.2) is 177 Å². The highest BCUT2D eigenvalue weighted by molar-refractivity contribution is 5.81. The highest BCUT2D eigenvalue weighted by atomic mass is 16.6. The molecule has 0 fully saturated rings. The van der Waals surface area contributed by atoms with E-state index in [1.807, 2.05) is 66.7 Å². The minimum absolute atomic E-state index is 0. The predicted octanol–water partition coefficient (Wildman–Crippen LogP) is 12.6. The third kappa shape index (κ3) is 12.2. The monoisotopic (exact) mass is 764 g/mol. The summed E-state index contributed by atoms with van der Waals surface area (Å²) in [7, 11) is 0. The first-order valence-corrected chi connectivity index (χ1v) is 17.4. The number of carbonyl (C=O) groups excluding carboxylic acids is 2. The lowest BCUT2D eigenvalue weighted by Crippen LogP contribution is -2.11. The summed E-state index contributed by atoms with van der Waals surface area (Å²) in [6.45, 7) is 7.51. The van der Waals surface area contributed by atoms with Gasteiger partial charge in [-0.1, -0.05) is 170 Å². The van der Waals surface area contributed by atoms with Crippen LogP contribution in [-0.4, -0.2) is 38.4 Å². The average molecular weight is 765 g/mol. The summed E-state index contributed by atoms with van der Waals surface area (Å²) in [5, 5.41) is 0. The number of rotatable bonds is 16. The summed E-state index contributed by atoms with van der Waals surface area (Å²) in [6.07, 6.45) is 2.28. The molecule has 57 heavy (non-hydrogen) atoms. The van der Waals surface area contributed by atoms with Gasteiger partial charge in [0, 0.05) is 29.2 Å². The Hall–Kier alpha value is -6.66. The average Bonchev–Trinajstić information content (AvgIpc) is 3.22. The Labute approximate surface area is 340 Å². The van der Waals surface area contributed by atoms with Crippen LogP contribution in [0.5, 0.6) is 11.5 Å². The van der Waals surface area contributed by atoms with Crippen LogP contribution >= 0.6 is 0 Å². The van der Waals surface area contributed by atoms with Crippen molar-refractivity contribution in [1.82, 2.24) is 0 Å². The van der Waals surface area contributed by atoms with Crippen molar-refractivity contribution in [2.45, 2.75) is 35.6 Å². The van der Waals surface area contributed by atoms with Gasteiger partial charge in [-0.05, 0) is 63.2 Å². The summed E-state index contributed by atoms with van der Waals surface area (Å²) in [5.41, 5.74) is 9.34. The van der Waals surface area contributed by atoms with Crippen molar-refractivity contribution in [3.63, 3.8) is 0 Å². The maximum atomic E-state index is 11.6. The van der Waals surface area contributed by atoms with Crippen LogP contribution < -0.4 is 9.47 Å². The fourth-order valence-electron chi connectivity index (χ4n) is 6.17. The second-order valence-corrected chi connectivity index (χ2v) is 12.1. The zero-order valence-corrected chi connectivity index (χ0v) is 29.4. The normalized spacial score (nSPS) is 9.91. The van der Waals surface area contributed by atoms with Gasteiger partial charge in [0.25, 0.3) is 0 Å². The van der Waals surface area contributed by atoms with Gasteiger partial charge in [0.15, 0.2) is 0 Å². The van der Waals surface area contributed by atoms with Crippen LogP contribution in [0, 0.1) is 0 Å². The predicted molar refractivity (Wildman–Crippen MR) is 237 cm³/mol. The first kappa shape index (κ1) is 46.5. The molecule has 6 rings (SSSR count). The molecule has 0 radical (unpaired) electrons. The van der Waals surface area contributed by atoms with E-state index in [2.05, 4.69) is 98.1 Å². The maximum absolute atomic E-state index is 11.6. The first-order valence-electron chi connectivity index (χ1n) is 17.4. The smallest absolute Gasteiger partial charge is 0.330 e. The van der Waals surface area contributed by atoms with E-state index in [-0.39, 0.29) is 62.1 Å². The molecule has 0 saturated heterocycles. The van der Waals surface area contributed by atoms with E-state index in [1.54, 1.807) is 0 Å². The molecule has 0 aliphatic heterocycles. The summed E-state index contributed by atoms with van der Waals surface area (Å²) >= 11 is 0. The number of esters is 2. The van der Waals surface area contributed by atoms with Gasteiger partial charge in [-0.25, -0.2) is 9.59 Å². The minimum Gasteiger partial charge on any atom is -0.489 e. The molecule has 0 atom stereocenters. The number of carbonyl (C=O) groups is 2. The zero-order chi connectivity index (χ0) is 36.8. The molecule has 0 aliphatic rings. The van der Waals surface area contributed by atoms with Crippen molar-refractivity contribution in [2.24, 2.45) is 0 Å². The Morgan fingerprint density at radius 2 is 0.789 bits per heavy atom. The fourth-order valence-corrected chi connectivity index (χ4v) is 6.17. The second kappa shape index (κ2) is 23.3. The fraction of sp³-hybridized carbons (Fsp3) is 0.176. The molecule has 0 aliphatic carbocycles. The van der Waals surface area contributed by atoms with Crippen molar-refractivity contribution in [1.29, 1.82) is 0 Å². The van der Waals surface area contributed by atoms with Crippen molar-refractivity contribution < 1.29 is 28.5 Å². The third-order valence-corrected chi connectivity index (χ3v) is 8.70. The van der Waals surface area contributed by atoms with E-state index in [9.17, 15) is 9.59 Å². The van der Waals surface area contributed by atoms with Crippen LogP contribution in [0.1, 0.15) is 52.3 Å². The molecule has 6 aromatic carbocycles. The van der Waals surface area contributed by atoms with Crippen molar-refractivity contribution >= 4 is 11.9 Å². The lowest BCUT2D eigenvalue weighted by molar-refractivity contribution is -0.139. The lowest BCUT2D eigenvalue weighted by Gasteiger charge is -2.23. The Bertz CT molecular complexity index is 2030. The molecule has 0 unspecified atom stereocenters. The maximum Gasteiger partial charge on any atom is 0.330 e. The highest BCUT2D eigenvalue weighted by Gasteiger charge is 2.22. The number of ether oxygens (including phenoxy) is 4. The first-order chi connectivity index (χ1) is 26.0. The van der Waals surface area contributed by atoms with Crippen LogP contribution in [0.25, 0.3) is 33.4 Å². The molecular weight excluding hydrogens is 709 g/mol. The standard InChI is InChI=1S/C47H40O6.4CH4/c1-3-45(48)52-30-28-50-43-26-24-39(32-41(43)36-16-10-6-11-17-36)47(38-22-20-35(21-23-38)34-14-8-5-9-15-34)40-25-27-44(51-29-31-53-46(49)4-2)42(33-40)37-18-12-7-13-19-37;;;;/h3-27,32-33,47H,1-2,28-31H2;4*1H4. The van der Waals surface area contributed by atoms with Gasteiger partial charge in [0.2, 0.25) is 0 Å². The Balaban J connectivity index is 0.00000280. The molecule has 296 valence electrons. The quantitative estimate of drug-likeness (QED) is 0.0423. The van der Waals surface area contributed by atoms with Gasteiger partial charge < -0.3 is 18.9 Å². The van der Waals surface area contributed by atoms with E-state index in [0.717, 1.165) is 62.2 Å². The SMILES string of the molecule is C.C.C.C.C=CC(=O)OCCOc1ccc(C(c2ccc(-c3ccccc3)cc2)c2ccc(OCCOC(=O)C=C)c(-c3ccccc3)c2)cc1-c1ccccc1. The van der Waals surface area contributed by atoms with Crippen molar-refractivity contribution in [3.8, 4) is 44.9 Å². The Morgan fingerprint density at radius 1 is 0.439 bits per heavy atom. The van der Waals surface area contributed by atoms with E-state index in [0.29, 0.717) is 11.5 Å². The Morgan fingerprint density at radius 3 is 1.18 bits per heavy atom. The van der Waals surface area contributed by atoms with Crippen LogP contribution in [0.4, 0.5) is 0 Å². The number of hydrogen-bond donors (Lipinski definition) is 0. The van der Waals surface area contributed by atoms with E-state index < -0.39 is 11.9 Å². The molecule has 0 heterocycles. The van der Waals surface area contributed by atoms with Crippen molar-refractivity contribution in [3.05, 3.63) is 194 Å². The molecule has 6 heteroatoms. The molecule has 6 nitrogen and oxygen atoms in total. The van der Waals surface area contributed by atoms with Crippen LogP contribution in [-0.2, 0) is 19.1 Å².